The molecular weight excluding hydrogens is 619 g/mol. The van der Waals surface area contributed by atoms with Gasteiger partial charge in [-0.15, -0.1) is 0 Å². The molecule has 2 amide bonds. The van der Waals surface area contributed by atoms with Gasteiger partial charge in [0.15, 0.2) is 5.76 Å². The standard InChI is InChI=1S/C31H32ClFN8O5/c1-16-11-39(19-14-46-15-19)6-7-41(16)25-9-24(22(32)10-35-25)37-26(42)13-40-12-21(27-30(40)36-17(2)38(3)31(27)45)18-4-5-23(33)28(43)20(8-18)29(34)44/h8-10,12,16,18-19,43H,6-7,11,13-15H2,1-3H3,(H2,34,44)(H,35,37,42)/t16-,18?/m0/s1. The minimum Gasteiger partial charge on any atom is -0.504 e. The summed E-state index contributed by atoms with van der Waals surface area (Å²) in [5.74, 6) is 1.10. The molecule has 3 aliphatic rings. The summed E-state index contributed by atoms with van der Waals surface area (Å²) < 4.78 is 22.5. The zero-order chi connectivity index (χ0) is 32.9. The van der Waals surface area contributed by atoms with Crippen LogP contribution >= 0.6 is 11.6 Å². The second-order valence-electron chi connectivity index (χ2n) is 11.6. The van der Waals surface area contributed by atoms with Gasteiger partial charge < -0.3 is 30.4 Å². The number of amides is 2. The van der Waals surface area contributed by atoms with E-state index >= 15 is 0 Å². The van der Waals surface area contributed by atoms with Crippen LogP contribution in [0.2, 0.25) is 5.02 Å². The summed E-state index contributed by atoms with van der Waals surface area (Å²) in [6.45, 7) is 7.48. The first-order valence-corrected chi connectivity index (χ1v) is 15.0. The molecule has 15 heteroatoms. The van der Waals surface area contributed by atoms with E-state index in [9.17, 15) is 23.9 Å². The van der Waals surface area contributed by atoms with Crippen molar-refractivity contribution in [1.29, 1.82) is 0 Å². The zero-order valence-corrected chi connectivity index (χ0v) is 26.1. The topological polar surface area (TPSA) is 161 Å². The number of nitrogens with one attached hydrogen (secondary N) is 1. The molecule has 0 aromatic carbocycles. The van der Waals surface area contributed by atoms with E-state index in [-0.39, 0.29) is 34.2 Å². The number of halogens is 2. The van der Waals surface area contributed by atoms with Gasteiger partial charge >= 0.3 is 0 Å². The van der Waals surface area contributed by atoms with Gasteiger partial charge in [0.2, 0.25) is 11.7 Å². The van der Waals surface area contributed by atoms with Crippen LogP contribution < -0.4 is 21.5 Å². The summed E-state index contributed by atoms with van der Waals surface area (Å²) in [6.07, 6.45) is 4.19. The van der Waals surface area contributed by atoms with Crippen molar-refractivity contribution in [1.82, 2.24) is 24.0 Å². The van der Waals surface area contributed by atoms with Crippen LogP contribution in [0.4, 0.5) is 15.9 Å². The van der Waals surface area contributed by atoms with E-state index in [1.807, 2.05) is 0 Å². The van der Waals surface area contributed by atoms with Gasteiger partial charge in [-0.1, -0.05) is 17.5 Å². The van der Waals surface area contributed by atoms with Crippen molar-refractivity contribution in [3.05, 3.63) is 68.5 Å². The van der Waals surface area contributed by atoms with E-state index in [4.69, 9.17) is 22.1 Å². The minimum atomic E-state index is -1.23. The predicted octanol–water partition coefficient (Wildman–Crippen LogP) is 1.89. The Morgan fingerprint density at radius 3 is 2.74 bits per heavy atom. The third-order valence-electron chi connectivity index (χ3n) is 8.60. The predicted molar refractivity (Wildman–Crippen MR) is 169 cm³/mol. The maximum atomic E-state index is 14.3. The highest BCUT2D eigenvalue weighted by Crippen LogP contribution is 2.31. The molecule has 6 rings (SSSR count). The van der Waals surface area contributed by atoms with Gasteiger partial charge in [-0.25, -0.2) is 9.97 Å². The van der Waals surface area contributed by atoms with Crippen LogP contribution in [0.3, 0.4) is 0 Å². The summed E-state index contributed by atoms with van der Waals surface area (Å²) in [5.41, 5.74) is 5.27. The number of aliphatic hydroxyl groups is 1. The second kappa shape index (κ2) is 12.2. The first-order chi connectivity index (χ1) is 21.9. The Labute approximate surface area is 268 Å². The number of fused-ring (bicyclic) bond motifs is 1. The van der Waals surface area contributed by atoms with Gasteiger partial charge in [-0.3, -0.25) is 23.9 Å². The van der Waals surface area contributed by atoms with Gasteiger partial charge in [0.1, 0.15) is 23.8 Å². The molecule has 1 unspecified atom stereocenters. The van der Waals surface area contributed by atoms with Gasteiger partial charge in [0.05, 0.1) is 53.0 Å². The van der Waals surface area contributed by atoms with Crippen LogP contribution in [-0.2, 0) is 27.9 Å². The number of carbonyl (C=O) groups is 2. The van der Waals surface area contributed by atoms with Crippen LogP contribution in [0.1, 0.15) is 24.2 Å². The van der Waals surface area contributed by atoms with E-state index in [2.05, 4.69) is 43.8 Å². The lowest BCUT2D eigenvalue weighted by molar-refractivity contribution is -0.117. The lowest BCUT2D eigenvalue weighted by Crippen LogP contribution is -2.59. The fraction of sp³-hybridized carbons (Fsp3) is 0.387. The van der Waals surface area contributed by atoms with Crippen LogP contribution in [-0.4, -0.2) is 85.9 Å². The average Bonchev–Trinajstić information content (AvgIpc) is 3.25. The van der Waals surface area contributed by atoms with Crippen LogP contribution in [0.5, 0.6) is 0 Å². The van der Waals surface area contributed by atoms with Crippen molar-refractivity contribution in [2.75, 3.05) is 43.1 Å². The van der Waals surface area contributed by atoms with Crippen molar-refractivity contribution in [3.63, 3.8) is 0 Å². The number of piperazine rings is 1. The molecule has 2 fully saturated rings. The molecule has 2 saturated heterocycles. The molecule has 3 aromatic rings. The number of allylic oxidation sites excluding steroid dienone is 2. The van der Waals surface area contributed by atoms with Crippen LogP contribution in [0.25, 0.3) is 11.0 Å². The number of aromatic nitrogens is 4. The maximum absolute atomic E-state index is 14.3. The van der Waals surface area contributed by atoms with Gasteiger partial charge in [-0.2, -0.15) is 4.39 Å². The molecule has 46 heavy (non-hydrogen) atoms. The minimum absolute atomic E-state index is 0.118. The fourth-order valence-corrected chi connectivity index (χ4v) is 6.04. The van der Waals surface area contributed by atoms with Gasteiger partial charge in [0.25, 0.3) is 11.5 Å². The number of primary amides is 1. The number of aryl methyl sites for hydroxylation is 1. The van der Waals surface area contributed by atoms with Crippen LogP contribution in [0, 0.1) is 18.8 Å². The third-order valence-corrected chi connectivity index (χ3v) is 8.91. The molecule has 5 heterocycles. The maximum Gasteiger partial charge on any atom is 0.263 e. The number of nitrogens with two attached hydrogens (primary N) is 1. The average molecular weight is 651 g/mol. The van der Waals surface area contributed by atoms with Crippen LogP contribution in [0.15, 0.2) is 46.5 Å². The number of rotatable bonds is 7. The molecule has 240 valence electrons. The Bertz CT molecular complexity index is 1950. The van der Waals surface area contributed by atoms with Crippen molar-refractivity contribution < 1.29 is 23.8 Å². The SMILES string of the molecule is Cc1nc2c(c(C3C#CC(F)=C(O)C(C(N)=O)=C3)cn2CC(=O)Nc2cc(N3CCN(C4COC4)C[C@@H]3C)ncc2Cl)c(=O)n1C. The molecular formula is C31H32ClFN8O5. The van der Waals surface area contributed by atoms with Gasteiger partial charge in [0, 0.05) is 50.6 Å². The number of hydrogen-bond acceptors (Lipinski definition) is 9. The highest BCUT2D eigenvalue weighted by molar-refractivity contribution is 6.33. The van der Waals surface area contributed by atoms with Crippen molar-refractivity contribution >= 4 is 46.0 Å². The third kappa shape index (κ3) is 5.73. The first-order valence-electron chi connectivity index (χ1n) is 14.6. The fourth-order valence-electron chi connectivity index (χ4n) is 5.89. The van der Waals surface area contributed by atoms with E-state index in [0.717, 1.165) is 32.8 Å². The molecule has 4 N–H and O–H groups in total. The molecule has 1 aliphatic carbocycles. The number of pyridine rings is 1. The number of anilines is 2. The van der Waals surface area contributed by atoms with E-state index in [0.29, 0.717) is 23.4 Å². The Morgan fingerprint density at radius 1 is 1.30 bits per heavy atom. The Hall–Kier alpha value is -4.71. The molecule has 3 aromatic heterocycles. The molecule has 2 atom stereocenters. The summed E-state index contributed by atoms with van der Waals surface area (Å²) >= 11 is 6.45. The number of aliphatic hydroxyl groups excluding tert-OH is 1. The van der Waals surface area contributed by atoms with Crippen molar-refractivity contribution in [2.45, 2.75) is 38.4 Å². The van der Waals surface area contributed by atoms with E-state index in [1.54, 1.807) is 20.0 Å². The molecule has 0 radical (unpaired) electrons. The number of nitrogens with zero attached hydrogens (tertiary/aromatic N) is 6. The lowest BCUT2D eigenvalue weighted by atomic mass is 9.97. The normalized spacial score (nSPS) is 20.5. The molecule has 0 saturated carbocycles. The van der Waals surface area contributed by atoms with E-state index < -0.39 is 40.5 Å². The second-order valence-corrected chi connectivity index (χ2v) is 12.0. The number of ether oxygens (including phenoxy) is 1. The van der Waals surface area contributed by atoms with E-state index in [1.165, 1.54) is 27.6 Å². The van der Waals surface area contributed by atoms with Crippen molar-refractivity contribution in [2.24, 2.45) is 12.8 Å². The number of hydrogen-bond donors (Lipinski definition) is 3. The first kappa shape index (κ1) is 31.3. The summed E-state index contributed by atoms with van der Waals surface area (Å²) in [5, 5.41) is 13.3. The largest absolute Gasteiger partial charge is 0.504 e. The molecule has 0 spiro atoms. The Balaban J connectivity index is 1.29. The molecule has 0 bridgehead atoms. The highest BCUT2D eigenvalue weighted by Gasteiger charge is 2.33. The Kier molecular flexibility index (Phi) is 8.32. The van der Waals surface area contributed by atoms with Crippen molar-refractivity contribution in [3.8, 4) is 11.8 Å². The monoisotopic (exact) mass is 650 g/mol. The molecule has 2 aliphatic heterocycles. The highest BCUT2D eigenvalue weighted by atomic mass is 35.5. The summed E-state index contributed by atoms with van der Waals surface area (Å²) in [4.78, 5) is 52.5. The summed E-state index contributed by atoms with van der Waals surface area (Å²) in [6, 6.07) is 2.36. The number of carbonyl (C=O) groups excluding carboxylic acids is 2. The summed E-state index contributed by atoms with van der Waals surface area (Å²) in [7, 11) is 1.54. The Morgan fingerprint density at radius 2 is 2.07 bits per heavy atom. The quantitative estimate of drug-likeness (QED) is 0.325. The molecule has 13 nitrogen and oxygen atoms in total. The lowest BCUT2D eigenvalue weighted by Gasteiger charge is -2.46. The zero-order valence-electron chi connectivity index (χ0n) is 25.4. The smallest absolute Gasteiger partial charge is 0.263 e. The van der Waals surface area contributed by atoms with Gasteiger partial charge in [-0.05, 0) is 25.8 Å².